The summed E-state index contributed by atoms with van der Waals surface area (Å²) in [5.74, 6) is 0.657. The standard InChI is InChI=1S/C18H23NO4S/c1-2-3-4-5-13-23-17-9-11-18(12-10-17)24(21,22)19-15-7-6-8-16(20)14-15/h6-12,14,19-20H,2-5,13H2,1H3. The lowest BCUT2D eigenvalue weighted by atomic mass is 10.2. The SMILES string of the molecule is CCCCCCOc1ccc(S(=O)(=O)Nc2cccc(O)c2)cc1. The predicted molar refractivity (Wildman–Crippen MR) is 95.0 cm³/mol. The average molecular weight is 349 g/mol. The maximum absolute atomic E-state index is 12.3. The van der Waals surface area contributed by atoms with E-state index in [0.717, 1.165) is 12.8 Å². The van der Waals surface area contributed by atoms with Crippen LogP contribution in [0.2, 0.25) is 0 Å². The summed E-state index contributed by atoms with van der Waals surface area (Å²) in [7, 11) is -3.70. The van der Waals surface area contributed by atoms with E-state index in [-0.39, 0.29) is 10.6 Å². The van der Waals surface area contributed by atoms with E-state index < -0.39 is 10.0 Å². The molecular weight excluding hydrogens is 326 g/mol. The molecule has 0 unspecified atom stereocenters. The van der Waals surface area contributed by atoms with E-state index in [0.29, 0.717) is 18.0 Å². The fourth-order valence-corrected chi connectivity index (χ4v) is 3.27. The van der Waals surface area contributed by atoms with E-state index in [1.54, 1.807) is 24.3 Å². The van der Waals surface area contributed by atoms with Crippen molar-refractivity contribution in [2.75, 3.05) is 11.3 Å². The van der Waals surface area contributed by atoms with Gasteiger partial charge < -0.3 is 9.84 Å². The first-order valence-corrected chi connectivity index (χ1v) is 9.54. The van der Waals surface area contributed by atoms with Crippen molar-refractivity contribution in [3.8, 4) is 11.5 Å². The lowest BCUT2D eigenvalue weighted by Crippen LogP contribution is -2.12. The zero-order valence-electron chi connectivity index (χ0n) is 13.7. The molecule has 24 heavy (non-hydrogen) atoms. The Morgan fingerprint density at radius 1 is 1.04 bits per heavy atom. The summed E-state index contributed by atoms with van der Waals surface area (Å²) in [6.45, 7) is 2.79. The third-order valence-electron chi connectivity index (χ3n) is 3.50. The molecule has 0 amide bonds. The van der Waals surface area contributed by atoms with Crippen LogP contribution >= 0.6 is 0 Å². The number of benzene rings is 2. The molecule has 0 aliphatic rings. The molecule has 0 heterocycles. The van der Waals surface area contributed by atoms with E-state index in [2.05, 4.69) is 11.6 Å². The molecule has 0 saturated heterocycles. The van der Waals surface area contributed by atoms with Gasteiger partial charge in [0.1, 0.15) is 11.5 Å². The molecule has 2 aromatic carbocycles. The van der Waals surface area contributed by atoms with Gasteiger partial charge in [-0.05, 0) is 42.8 Å². The second kappa shape index (κ2) is 8.59. The van der Waals surface area contributed by atoms with Gasteiger partial charge in [-0.3, -0.25) is 4.72 Å². The van der Waals surface area contributed by atoms with Crippen molar-refractivity contribution in [2.45, 2.75) is 37.5 Å². The van der Waals surface area contributed by atoms with Crippen LogP contribution in [0, 0.1) is 0 Å². The number of anilines is 1. The first-order valence-electron chi connectivity index (χ1n) is 8.06. The fraction of sp³-hybridized carbons (Fsp3) is 0.333. The average Bonchev–Trinajstić information content (AvgIpc) is 2.55. The summed E-state index contributed by atoms with van der Waals surface area (Å²) in [5, 5.41) is 9.40. The highest BCUT2D eigenvalue weighted by Gasteiger charge is 2.14. The van der Waals surface area contributed by atoms with E-state index >= 15 is 0 Å². The number of hydrogen-bond acceptors (Lipinski definition) is 4. The Morgan fingerprint density at radius 2 is 1.79 bits per heavy atom. The van der Waals surface area contributed by atoms with Crippen LogP contribution in [-0.2, 0) is 10.0 Å². The molecule has 2 aromatic rings. The highest BCUT2D eigenvalue weighted by molar-refractivity contribution is 7.92. The number of unbranched alkanes of at least 4 members (excludes halogenated alkanes) is 3. The molecule has 5 nitrogen and oxygen atoms in total. The van der Waals surface area contributed by atoms with Crippen LogP contribution in [0.15, 0.2) is 53.4 Å². The summed E-state index contributed by atoms with van der Waals surface area (Å²) < 4.78 is 32.7. The largest absolute Gasteiger partial charge is 0.508 e. The van der Waals surface area contributed by atoms with E-state index in [1.807, 2.05) is 0 Å². The van der Waals surface area contributed by atoms with E-state index in [9.17, 15) is 13.5 Å². The minimum atomic E-state index is -3.70. The normalized spacial score (nSPS) is 11.2. The first kappa shape index (κ1) is 18.1. The zero-order chi connectivity index (χ0) is 17.4. The van der Waals surface area contributed by atoms with Gasteiger partial charge in [0.15, 0.2) is 0 Å². The topological polar surface area (TPSA) is 75.6 Å². The van der Waals surface area contributed by atoms with Crippen molar-refractivity contribution in [1.29, 1.82) is 0 Å². The number of nitrogens with one attached hydrogen (secondary N) is 1. The summed E-state index contributed by atoms with van der Waals surface area (Å²) in [5.41, 5.74) is 0.311. The van der Waals surface area contributed by atoms with Gasteiger partial charge in [-0.1, -0.05) is 32.3 Å². The van der Waals surface area contributed by atoms with Crippen molar-refractivity contribution in [3.63, 3.8) is 0 Å². The third-order valence-corrected chi connectivity index (χ3v) is 4.90. The van der Waals surface area contributed by atoms with Crippen molar-refractivity contribution >= 4 is 15.7 Å². The van der Waals surface area contributed by atoms with Gasteiger partial charge in [0, 0.05) is 6.07 Å². The molecule has 0 fully saturated rings. The summed E-state index contributed by atoms with van der Waals surface area (Å²) in [4.78, 5) is 0.143. The zero-order valence-corrected chi connectivity index (χ0v) is 14.6. The van der Waals surface area contributed by atoms with Gasteiger partial charge >= 0.3 is 0 Å². The maximum atomic E-state index is 12.3. The Kier molecular flexibility index (Phi) is 6.49. The molecular formula is C18H23NO4S. The second-order valence-electron chi connectivity index (χ2n) is 5.54. The van der Waals surface area contributed by atoms with Crippen LogP contribution in [-0.4, -0.2) is 20.1 Å². The van der Waals surface area contributed by atoms with Crippen molar-refractivity contribution in [2.24, 2.45) is 0 Å². The number of phenolic OH excluding ortho intramolecular Hbond substituents is 1. The molecule has 0 aliphatic carbocycles. The van der Waals surface area contributed by atoms with Crippen LogP contribution in [0.1, 0.15) is 32.6 Å². The molecule has 0 aromatic heterocycles. The van der Waals surface area contributed by atoms with Crippen LogP contribution in [0.5, 0.6) is 11.5 Å². The van der Waals surface area contributed by atoms with Crippen molar-refractivity contribution in [1.82, 2.24) is 0 Å². The number of rotatable bonds is 9. The van der Waals surface area contributed by atoms with Gasteiger partial charge in [0.2, 0.25) is 0 Å². The van der Waals surface area contributed by atoms with Crippen molar-refractivity contribution < 1.29 is 18.3 Å². The summed E-state index contributed by atoms with van der Waals surface area (Å²) in [6.07, 6.45) is 4.50. The smallest absolute Gasteiger partial charge is 0.261 e. The fourth-order valence-electron chi connectivity index (χ4n) is 2.22. The Morgan fingerprint density at radius 3 is 2.46 bits per heavy atom. The van der Waals surface area contributed by atoms with Gasteiger partial charge in [-0.2, -0.15) is 0 Å². The maximum Gasteiger partial charge on any atom is 0.261 e. The van der Waals surface area contributed by atoms with Gasteiger partial charge in [-0.15, -0.1) is 0 Å². The highest BCUT2D eigenvalue weighted by Crippen LogP contribution is 2.21. The Labute approximate surface area is 143 Å². The lowest BCUT2D eigenvalue weighted by molar-refractivity contribution is 0.305. The minimum absolute atomic E-state index is 0.00187. The van der Waals surface area contributed by atoms with Crippen LogP contribution in [0.25, 0.3) is 0 Å². The van der Waals surface area contributed by atoms with Crippen LogP contribution < -0.4 is 9.46 Å². The third kappa shape index (κ3) is 5.45. The minimum Gasteiger partial charge on any atom is -0.508 e. The van der Waals surface area contributed by atoms with Crippen LogP contribution in [0.3, 0.4) is 0 Å². The quantitative estimate of drug-likeness (QED) is 0.667. The monoisotopic (exact) mass is 349 g/mol. The Bertz CT molecular complexity index is 742. The van der Waals surface area contributed by atoms with Gasteiger partial charge in [0.05, 0.1) is 17.2 Å². The summed E-state index contributed by atoms with van der Waals surface area (Å²) in [6, 6.07) is 12.3. The van der Waals surface area contributed by atoms with Crippen LogP contribution in [0.4, 0.5) is 5.69 Å². The number of aromatic hydroxyl groups is 1. The molecule has 0 atom stereocenters. The molecule has 2 N–H and O–H groups in total. The number of hydrogen-bond donors (Lipinski definition) is 2. The molecule has 0 bridgehead atoms. The molecule has 6 heteroatoms. The van der Waals surface area contributed by atoms with Gasteiger partial charge in [0.25, 0.3) is 10.0 Å². The molecule has 0 spiro atoms. The molecule has 0 saturated carbocycles. The first-order chi connectivity index (χ1) is 11.5. The molecule has 0 radical (unpaired) electrons. The van der Waals surface area contributed by atoms with Gasteiger partial charge in [-0.25, -0.2) is 8.42 Å². The number of sulfonamides is 1. The van der Waals surface area contributed by atoms with E-state index in [1.165, 1.54) is 37.1 Å². The van der Waals surface area contributed by atoms with E-state index in [4.69, 9.17) is 4.74 Å². The highest BCUT2D eigenvalue weighted by atomic mass is 32.2. The predicted octanol–water partition coefficient (Wildman–Crippen LogP) is 4.15. The summed E-state index contributed by atoms with van der Waals surface area (Å²) >= 11 is 0. The Balaban J connectivity index is 1.96. The molecule has 2 rings (SSSR count). The Hall–Kier alpha value is -2.21. The lowest BCUT2D eigenvalue weighted by Gasteiger charge is -2.10. The number of phenols is 1. The van der Waals surface area contributed by atoms with Crippen molar-refractivity contribution in [3.05, 3.63) is 48.5 Å². The molecule has 130 valence electrons. The molecule has 0 aliphatic heterocycles. The number of ether oxygens (including phenoxy) is 1. The second-order valence-corrected chi connectivity index (χ2v) is 7.22.